The second-order valence-electron chi connectivity index (χ2n) is 3.73. The minimum absolute atomic E-state index is 0.397. The van der Waals surface area contributed by atoms with Crippen molar-refractivity contribution in [3.63, 3.8) is 0 Å². The van der Waals surface area contributed by atoms with Crippen molar-refractivity contribution in [3.05, 3.63) is 0 Å². The molecule has 72 valence electrons. The Morgan fingerprint density at radius 3 is 2.58 bits per heavy atom. The maximum Gasteiger partial charge on any atom is 0.0377 e. The Morgan fingerprint density at radius 2 is 2.17 bits per heavy atom. The fraction of sp³-hybridized carbons (Fsp3) is 1.00. The predicted molar refractivity (Wildman–Crippen MR) is 56.6 cm³/mol. The first-order valence-corrected chi connectivity index (χ1v) is 6.03. The summed E-state index contributed by atoms with van der Waals surface area (Å²) in [5.41, 5.74) is 0.397. The molecule has 1 fully saturated rings. The van der Waals surface area contributed by atoms with Crippen molar-refractivity contribution < 1.29 is 0 Å². The predicted octanol–water partition coefficient (Wildman–Crippen LogP) is 2.42. The van der Waals surface area contributed by atoms with Crippen LogP contribution in [0, 0.1) is 0 Å². The molecule has 2 nitrogen and oxygen atoms in total. The molecule has 1 aliphatic heterocycles. The van der Waals surface area contributed by atoms with E-state index in [1.807, 2.05) is 0 Å². The summed E-state index contributed by atoms with van der Waals surface area (Å²) >= 11 is 0. The molecule has 1 rings (SSSR count). The maximum absolute atomic E-state index is 3.62. The van der Waals surface area contributed by atoms with E-state index in [1.165, 1.54) is 25.7 Å². The smallest absolute Gasteiger partial charge is 0.0377 e. The Hall–Kier alpha value is 0.350. The van der Waals surface area contributed by atoms with Crippen molar-refractivity contribution in [1.29, 1.82) is 0 Å². The minimum Gasteiger partial charge on any atom is -0.282 e. The zero-order chi connectivity index (χ0) is 9.03. The SMILES string of the molecule is CCCCC1(CC)NPNC1C. The highest BCUT2D eigenvalue weighted by Crippen LogP contribution is 2.32. The molecule has 12 heavy (non-hydrogen) atoms. The van der Waals surface area contributed by atoms with E-state index >= 15 is 0 Å². The summed E-state index contributed by atoms with van der Waals surface area (Å²) in [6.45, 7) is 6.85. The first-order valence-electron chi connectivity index (χ1n) is 5.03. The Balaban J connectivity index is 2.49. The van der Waals surface area contributed by atoms with Crippen LogP contribution < -0.4 is 10.2 Å². The van der Waals surface area contributed by atoms with Gasteiger partial charge in [-0.15, -0.1) is 0 Å². The highest BCUT2D eigenvalue weighted by molar-refractivity contribution is 7.33. The Kier molecular flexibility index (Phi) is 3.95. The van der Waals surface area contributed by atoms with Gasteiger partial charge in [-0.05, 0) is 19.8 Å². The van der Waals surface area contributed by atoms with Crippen molar-refractivity contribution in [2.24, 2.45) is 0 Å². The number of rotatable bonds is 4. The molecule has 1 heterocycles. The molecule has 0 aromatic heterocycles. The largest absolute Gasteiger partial charge is 0.282 e. The lowest BCUT2D eigenvalue weighted by Gasteiger charge is -2.31. The third-order valence-corrected chi connectivity index (χ3v) is 4.24. The van der Waals surface area contributed by atoms with Gasteiger partial charge in [0.2, 0.25) is 0 Å². The van der Waals surface area contributed by atoms with Gasteiger partial charge >= 0.3 is 0 Å². The van der Waals surface area contributed by atoms with Crippen LogP contribution in [0.25, 0.3) is 0 Å². The third-order valence-electron chi connectivity index (χ3n) is 3.04. The highest BCUT2D eigenvalue weighted by atomic mass is 31.1. The van der Waals surface area contributed by atoms with Gasteiger partial charge in [0.05, 0.1) is 0 Å². The topological polar surface area (TPSA) is 24.1 Å². The molecule has 3 atom stereocenters. The van der Waals surface area contributed by atoms with Gasteiger partial charge in [0.15, 0.2) is 0 Å². The lowest BCUT2D eigenvalue weighted by atomic mass is 9.85. The minimum atomic E-state index is 0.397. The van der Waals surface area contributed by atoms with Crippen LogP contribution in [0.1, 0.15) is 46.5 Å². The van der Waals surface area contributed by atoms with E-state index in [-0.39, 0.29) is 0 Å². The summed E-state index contributed by atoms with van der Waals surface area (Å²) in [5, 5.41) is 7.11. The fourth-order valence-electron chi connectivity index (χ4n) is 1.86. The van der Waals surface area contributed by atoms with E-state index in [2.05, 4.69) is 30.9 Å². The van der Waals surface area contributed by atoms with Crippen molar-refractivity contribution in [2.45, 2.75) is 58.0 Å². The van der Waals surface area contributed by atoms with Gasteiger partial charge in [0.1, 0.15) is 0 Å². The highest BCUT2D eigenvalue weighted by Gasteiger charge is 2.37. The Labute approximate surface area is 77.8 Å². The van der Waals surface area contributed by atoms with Gasteiger partial charge in [0.25, 0.3) is 0 Å². The van der Waals surface area contributed by atoms with Crippen molar-refractivity contribution >= 4 is 8.88 Å². The van der Waals surface area contributed by atoms with E-state index in [9.17, 15) is 0 Å². The van der Waals surface area contributed by atoms with Crippen molar-refractivity contribution in [2.75, 3.05) is 0 Å². The molecular weight excluding hydrogens is 167 g/mol. The molecule has 0 spiro atoms. The summed E-state index contributed by atoms with van der Waals surface area (Å²) in [7, 11) is 0.758. The normalized spacial score (nSPS) is 37.8. The lowest BCUT2D eigenvalue weighted by molar-refractivity contribution is 0.301. The molecule has 1 aliphatic rings. The van der Waals surface area contributed by atoms with E-state index in [4.69, 9.17) is 0 Å². The summed E-state index contributed by atoms with van der Waals surface area (Å²) in [6.07, 6.45) is 5.21. The molecule has 3 unspecified atom stereocenters. The standard InChI is InChI=1S/C9H21N2P/c1-4-6-7-9(5-2)8(3)10-12-11-9/h8,10-12H,4-7H2,1-3H3. The van der Waals surface area contributed by atoms with Crippen LogP contribution in [0.5, 0.6) is 0 Å². The number of nitrogens with one attached hydrogen (secondary N) is 2. The first kappa shape index (κ1) is 10.4. The van der Waals surface area contributed by atoms with Crippen molar-refractivity contribution in [3.8, 4) is 0 Å². The zero-order valence-electron chi connectivity index (χ0n) is 8.41. The molecule has 0 saturated carbocycles. The van der Waals surface area contributed by atoms with Gasteiger partial charge in [-0.25, -0.2) is 0 Å². The number of unbranched alkanes of at least 4 members (excludes halogenated alkanes) is 1. The second-order valence-corrected chi connectivity index (χ2v) is 4.52. The van der Waals surface area contributed by atoms with Crippen LogP contribution in [0.4, 0.5) is 0 Å². The summed E-state index contributed by atoms with van der Waals surface area (Å²) < 4.78 is 0. The van der Waals surface area contributed by atoms with Gasteiger partial charge in [-0.1, -0.05) is 26.7 Å². The van der Waals surface area contributed by atoms with E-state index < -0.39 is 0 Å². The van der Waals surface area contributed by atoms with Crippen LogP contribution in [-0.4, -0.2) is 11.6 Å². The molecule has 1 saturated heterocycles. The van der Waals surface area contributed by atoms with Gasteiger partial charge in [-0.2, -0.15) is 0 Å². The van der Waals surface area contributed by atoms with Gasteiger partial charge in [0, 0.05) is 20.5 Å². The summed E-state index contributed by atoms with van der Waals surface area (Å²) in [4.78, 5) is 0. The number of hydrogen-bond donors (Lipinski definition) is 2. The van der Waals surface area contributed by atoms with Crippen LogP contribution in [0.3, 0.4) is 0 Å². The molecular formula is C9H21N2P. The third kappa shape index (κ3) is 1.99. The Bertz CT molecular complexity index is 140. The summed E-state index contributed by atoms with van der Waals surface area (Å²) in [6, 6.07) is 0.646. The monoisotopic (exact) mass is 188 g/mol. The van der Waals surface area contributed by atoms with E-state index in [0.717, 1.165) is 8.88 Å². The molecule has 3 heteroatoms. The van der Waals surface area contributed by atoms with Crippen LogP contribution in [0.15, 0.2) is 0 Å². The first-order chi connectivity index (χ1) is 5.75. The fourth-order valence-corrected chi connectivity index (χ4v) is 3.19. The maximum atomic E-state index is 3.62. The second kappa shape index (κ2) is 4.55. The quantitative estimate of drug-likeness (QED) is 0.662. The molecule has 0 aliphatic carbocycles. The lowest BCUT2D eigenvalue weighted by Crippen LogP contribution is -2.46. The number of hydrogen-bond acceptors (Lipinski definition) is 2. The Morgan fingerprint density at radius 1 is 1.42 bits per heavy atom. The van der Waals surface area contributed by atoms with Crippen LogP contribution in [-0.2, 0) is 0 Å². The van der Waals surface area contributed by atoms with Crippen LogP contribution >= 0.6 is 8.88 Å². The summed E-state index contributed by atoms with van der Waals surface area (Å²) in [5.74, 6) is 0. The molecule has 2 N–H and O–H groups in total. The average Bonchev–Trinajstić information content (AvgIpc) is 2.45. The van der Waals surface area contributed by atoms with E-state index in [1.54, 1.807) is 0 Å². The zero-order valence-corrected chi connectivity index (χ0v) is 9.41. The van der Waals surface area contributed by atoms with E-state index in [0.29, 0.717) is 11.6 Å². The van der Waals surface area contributed by atoms with Gasteiger partial charge < -0.3 is 0 Å². The molecule has 0 aromatic carbocycles. The molecule has 0 radical (unpaired) electrons. The molecule has 0 bridgehead atoms. The molecule has 0 aromatic rings. The van der Waals surface area contributed by atoms with Crippen LogP contribution in [0.2, 0.25) is 0 Å². The molecule has 0 amide bonds. The average molecular weight is 188 g/mol. The van der Waals surface area contributed by atoms with Gasteiger partial charge in [-0.3, -0.25) is 10.2 Å². The van der Waals surface area contributed by atoms with Crippen molar-refractivity contribution in [1.82, 2.24) is 10.2 Å².